The first kappa shape index (κ1) is 31.2. The van der Waals surface area contributed by atoms with Gasteiger partial charge in [0.05, 0.1) is 23.8 Å². The van der Waals surface area contributed by atoms with Crippen molar-refractivity contribution in [2.24, 2.45) is 0 Å². The van der Waals surface area contributed by atoms with Gasteiger partial charge in [-0.1, -0.05) is 48.0 Å². The Morgan fingerprint density at radius 3 is 2.58 bits per heavy atom. The highest BCUT2D eigenvalue weighted by molar-refractivity contribution is 7.46. The quantitative estimate of drug-likeness (QED) is 0.193. The lowest BCUT2D eigenvalue weighted by atomic mass is 10.1. The molecule has 1 heterocycles. The number of fused-ring (bicyclic) bond motifs is 1. The highest BCUT2D eigenvalue weighted by Crippen LogP contribution is 2.35. The summed E-state index contributed by atoms with van der Waals surface area (Å²) in [5.74, 6) is -0.380. The molecule has 12 nitrogen and oxygen atoms in total. The molecule has 0 saturated heterocycles. The van der Waals surface area contributed by atoms with E-state index in [4.69, 9.17) is 26.1 Å². The van der Waals surface area contributed by atoms with Crippen LogP contribution in [0.5, 0.6) is 0 Å². The van der Waals surface area contributed by atoms with Crippen LogP contribution in [0.4, 0.5) is 19.8 Å². The number of carbonyl (C=O) groups excluding carboxylic acids is 2. The second kappa shape index (κ2) is 14.4. The summed E-state index contributed by atoms with van der Waals surface area (Å²) >= 11 is 5.94. The number of likely N-dealkylation sites (N-methyl/N-ethyl adjacent to an activating group) is 1. The van der Waals surface area contributed by atoms with Crippen molar-refractivity contribution in [3.8, 4) is 0 Å². The van der Waals surface area contributed by atoms with Crippen molar-refractivity contribution in [2.75, 3.05) is 25.6 Å². The fraction of sp³-hybridized carbons (Fsp3) is 0.320. The molecule has 0 fully saturated rings. The molecule has 0 saturated carbocycles. The topological polar surface area (TPSA) is 171 Å². The van der Waals surface area contributed by atoms with Gasteiger partial charge in [-0.3, -0.25) is 9.84 Å². The lowest BCUT2D eigenvalue weighted by Crippen LogP contribution is -2.46. The fourth-order valence-electron chi connectivity index (χ4n) is 3.65. The van der Waals surface area contributed by atoms with Crippen LogP contribution in [-0.4, -0.2) is 69.3 Å². The number of halogens is 2. The van der Waals surface area contributed by atoms with E-state index in [0.717, 1.165) is 10.8 Å². The molecule has 0 spiro atoms. The van der Waals surface area contributed by atoms with Gasteiger partial charge < -0.3 is 29.8 Å². The van der Waals surface area contributed by atoms with Crippen LogP contribution in [-0.2, 0) is 20.4 Å². The molecule has 0 aliphatic rings. The number of amides is 3. The maximum Gasteiger partial charge on any atom is 0.469 e. The van der Waals surface area contributed by atoms with Gasteiger partial charge in [0.2, 0.25) is 0 Å². The number of phosphoric acid groups is 1. The third kappa shape index (κ3) is 9.70. The number of aromatic nitrogens is 1. The number of rotatable bonds is 12. The van der Waals surface area contributed by atoms with Gasteiger partial charge in [0, 0.05) is 25.2 Å². The Kier molecular flexibility index (Phi) is 11.2. The smallest absolute Gasteiger partial charge is 0.447 e. The third-order valence-electron chi connectivity index (χ3n) is 5.87. The predicted octanol–water partition coefficient (Wildman–Crippen LogP) is 4.04. The van der Waals surface area contributed by atoms with E-state index in [1.54, 1.807) is 18.3 Å². The van der Waals surface area contributed by atoms with Crippen LogP contribution in [0.15, 0.2) is 54.7 Å². The minimum atomic E-state index is -4.78. The minimum Gasteiger partial charge on any atom is -0.447 e. The lowest BCUT2D eigenvalue weighted by Gasteiger charge is -2.29. The van der Waals surface area contributed by atoms with Gasteiger partial charge in [0.15, 0.2) is 0 Å². The summed E-state index contributed by atoms with van der Waals surface area (Å²) in [7, 11) is -3.35. The van der Waals surface area contributed by atoms with Crippen LogP contribution in [0.3, 0.4) is 0 Å². The number of urea groups is 1. The van der Waals surface area contributed by atoms with E-state index in [1.165, 1.54) is 24.1 Å². The first-order valence-electron chi connectivity index (χ1n) is 12.0. The molecule has 0 bridgehead atoms. The number of nitrogens with zero attached hydrogens (tertiary/aromatic N) is 2. The molecule has 216 valence electrons. The van der Waals surface area contributed by atoms with Gasteiger partial charge in [-0.2, -0.15) is 0 Å². The van der Waals surface area contributed by atoms with Gasteiger partial charge in [-0.15, -0.1) is 0 Å². The molecular formula is C25H29ClFN4O8P. The van der Waals surface area contributed by atoms with Crippen LogP contribution in [0.2, 0.25) is 5.02 Å². The number of pyridine rings is 1. The van der Waals surface area contributed by atoms with Crippen LogP contribution < -0.4 is 10.6 Å². The monoisotopic (exact) mass is 598 g/mol. The van der Waals surface area contributed by atoms with Crippen molar-refractivity contribution in [1.29, 1.82) is 0 Å². The van der Waals surface area contributed by atoms with E-state index in [0.29, 0.717) is 5.56 Å². The third-order valence-corrected chi connectivity index (χ3v) is 6.77. The van der Waals surface area contributed by atoms with E-state index in [2.05, 4.69) is 20.1 Å². The van der Waals surface area contributed by atoms with Crippen LogP contribution in [0.25, 0.3) is 10.8 Å². The highest BCUT2D eigenvalue weighted by atomic mass is 35.5. The Bertz CT molecular complexity index is 1380. The summed E-state index contributed by atoms with van der Waals surface area (Å²) in [4.78, 5) is 48.4. The van der Waals surface area contributed by atoms with Crippen molar-refractivity contribution in [3.05, 3.63) is 71.1 Å². The van der Waals surface area contributed by atoms with Crippen LogP contribution in [0.1, 0.15) is 18.4 Å². The number of anilines is 1. The van der Waals surface area contributed by atoms with Crippen molar-refractivity contribution in [2.45, 2.75) is 31.5 Å². The molecule has 0 aliphatic carbocycles. The maximum absolute atomic E-state index is 13.7. The van der Waals surface area contributed by atoms with Crippen molar-refractivity contribution in [1.82, 2.24) is 15.2 Å². The molecule has 5 N–H and O–H groups in total. The highest BCUT2D eigenvalue weighted by Gasteiger charge is 2.24. The van der Waals surface area contributed by atoms with Gasteiger partial charge in [0.25, 0.3) is 0 Å². The summed E-state index contributed by atoms with van der Waals surface area (Å²) in [5.41, 5.74) is 0.350. The second-order valence-electron chi connectivity index (χ2n) is 8.79. The number of hydrogen-bond acceptors (Lipinski definition) is 7. The van der Waals surface area contributed by atoms with Crippen LogP contribution >= 0.6 is 19.4 Å². The molecule has 3 aromatic rings. The van der Waals surface area contributed by atoms with Gasteiger partial charge in [-0.05, 0) is 35.9 Å². The van der Waals surface area contributed by atoms with Crippen molar-refractivity contribution < 1.29 is 42.7 Å². The molecule has 3 rings (SSSR count). The van der Waals surface area contributed by atoms with E-state index in [-0.39, 0.29) is 36.8 Å². The Balaban J connectivity index is 1.62. The number of aliphatic hydroxyl groups excluding tert-OH is 1. The molecule has 3 amide bonds. The summed E-state index contributed by atoms with van der Waals surface area (Å²) in [6.45, 7) is -1.02. The number of aliphatic hydroxyl groups is 1. The molecule has 1 aromatic heterocycles. The van der Waals surface area contributed by atoms with Crippen LogP contribution in [0, 0.1) is 5.82 Å². The number of hydrogen-bond donors (Lipinski definition) is 5. The summed E-state index contributed by atoms with van der Waals surface area (Å²) < 4.78 is 34.2. The van der Waals surface area contributed by atoms with Gasteiger partial charge in [-0.25, -0.2) is 23.5 Å². The fourth-order valence-corrected chi connectivity index (χ4v) is 4.21. The number of benzene rings is 2. The number of carbonyl (C=O) groups is 2. The number of nitrogens with one attached hydrogen (secondary N) is 2. The first-order chi connectivity index (χ1) is 18.9. The molecule has 15 heteroatoms. The Morgan fingerprint density at radius 2 is 1.85 bits per heavy atom. The predicted molar refractivity (Wildman–Crippen MR) is 145 cm³/mol. The Morgan fingerprint density at radius 1 is 1.12 bits per heavy atom. The molecule has 0 unspecified atom stereocenters. The Hall–Kier alpha value is -3.32. The van der Waals surface area contributed by atoms with E-state index >= 15 is 0 Å². The normalized spacial score (nSPS) is 12.9. The van der Waals surface area contributed by atoms with E-state index in [1.807, 2.05) is 24.3 Å². The number of ether oxygens (including phenoxy) is 1. The van der Waals surface area contributed by atoms with E-state index < -0.39 is 44.5 Å². The van der Waals surface area contributed by atoms with Gasteiger partial charge in [0.1, 0.15) is 18.2 Å². The number of phosphoric ester groups is 1. The summed E-state index contributed by atoms with van der Waals surface area (Å²) in [5, 5.41) is 16.8. The summed E-state index contributed by atoms with van der Waals surface area (Å²) in [6.07, 6.45) is -0.489. The van der Waals surface area contributed by atoms with E-state index in [9.17, 15) is 23.7 Å². The SMILES string of the molecule is CN(C(=O)NCc1cccc(F)c1Cl)[C@@H](CC[C@@H](O)COP(=O)(O)O)COC(=O)Nc1cc2ccccc2cn1. The molecule has 2 atom stereocenters. The first-order valence-corrected chi connectivity index (χ1v) is 13.9. The average molecular weight is 599 g/mol. The zero-order valence-corrected chi connectivity index (χ0v) is 23.0. The molecule has 40 heavy (non-hydrogen) atoms. The zero-order chi connectivity index (χ0) is 29.3. The standard InChI is InChI=1S/C25H29ClFN4O8P/c1-31(24(33)29-13-18-7-4-8-21(27)23(18)26)19(9-10-20(32)15-39-40(35,36)37)14-38-25(34)30-22-11-16-5-2-3-6-17(16)12-28-22/h2-8,11-12,19-20,32H,9-10,13-15H2,1H3,(H,29,33)(H,28,30,34)(H2,35,36,37)/t19-,20+/m0/s1. The lowest BCUT2D eigenvalue weighted by molar-refractivity contribution is 0.0646. The molecule has 2 aromatic carbocycles. The second-order valence-corrected chi connectivity index (χ2v) is 10.4. The molecule has 0 aliphatic heterocycles. The minimum absolute atomic E-state index is 0.0464. The van der Waals surface area contributed by atoms with Crippen molar-refractivity contribution >= 4 is 48.1 Å². The van der Waals surface area contributed by atoms with Crippen molar-refractivity contribution in [3.63, 3.8) is 0 Å². The average Bonchev–Trinajstić information content (AvgIpc) is 2.91. The largest absolute Gasteiger partial charge is 0.469 e. The Labute approximate surface area is 234 Å². The summed E-state index contributed by atoms with van der Waals surface area (Å²) in [6, 6.07) is 11.9. The zero-order valence-electron chi connectivity index (χ0n) is 21.4. The van der Waals surface area contributed by atoms with Gasteiger partial charge >= 0.3 is 19.9 Å². The molecular weight excluding hydrogens is 570 g/mol. The molecule has 0 radical (unpaired) electrons. The maximum atomic E-state index is 13.7.